The Bertz CT molecular complexity index is 871. The van der Waals surface area contributed by atoms with Crippen LogP contribution in [0.1, 0.15) is 43.7 Å². The van der Waals surface area contributed by atoms with Crippen LogP contribution in [-0.4, -0.2) is 47.9 Å². The molecule has 31 heavy (non-hydrogen) atoms. The summed E-state index contributed by atoms with van der Waals surface area (Å²) in [6.45, 7) is 2.17. The quantitative estimate of drug-likeness (QED) is 0.728. The first-order valence-electron chi connectivity index (χ1n) is 10.4. The van der Waals surface area contributed by atoms with Crippen molar-refractivity contribution in [3.63, 3.8) is 0 Å². The summed E-state index contributed by atoms with van der Waals surface area (Å²) < 4.78 is 44.6. The van der Waals surface area contributed by atoms with E-state index in [1.807, 2.05) is 13.0 Å². The van der Waals surface area contributed by atoms with Gasteiger partial charge in [-0.15, -0.1) is 0 Å². The normalized spacial score (nSPS) is 27.2. The van der Waals surface area contributed by atoms with Crippen molar-refractivity contribution in [1.29, 1.82) is 5.26 Å². The maximum atomic E-state index is 13.1. The zero-order chi connectivity index (χ0) is 22.9. The highest BCUT2D eigenvalue weighted by Crippen LogP contribution is 2.47. The lowest BCUT2D eigenvalue weighted by atomic mass is 9.64. The second kappa shape index (κ2) is 9.25. The Morgan fingerprint density at radius 1 is 1.35 bits per heavy atom. The van der Waals surface area contributed by atoms with Gasteiger partial charge in [0.2, 0.25) is 5.91 Å². The molecular weight excluding hydrogens is 433 g/mol. The van der Waals surface area contributed by atoms with Crippen molar-refractivity contribution in [3.8, 4) is 11.8 Å². The lowest BCUT2D eigenvalue weighted by Gasteiger charge is -2.50. The molecule has 1 aromatic carbocycles. The molecule has 0 bridgehead atoms. The van der Waals surface area contributed by atoms with Crippen molar-refractivity contribution in [1.82, 2.24) is 4.90 Å². The van der Waals surface area contributed by atoms with Gasteiger partial charge >= 0.3 is 6.18 Å². The zero-order valence-electron chi connectivity index (χ0n) is 17.5. The van der Waals surface area contributed by atoms with Crippen LogP contribution >= 0.6 is 11.6 Å². The summed E-state index contributed by atoms with van der Waals surface area (Å²) in [7, 11) is 1.43. The van der Waals surface area contributed by atoms with E-state index in [1.54, 1.807) is 17.0 Å². The van der Waals surface area contributed by atoms with Gasteiger partial charge in [-0.3, -0.25) is 4.79 Å². The molecule has 1 aliphatic heterocycles. The van der Waals surface area contributed by atoms with Crippen LogP contribution < -0.4 is 4.74 Å². The Hall–Kier alpha value is -1.98. The second-order valence-electron chi connectivity index (χ2n) is 8.42. The monoisotopic (exact) mass is 458 g/mol. The number of amides is 1. The van der Waals surface area contributed by atoms with Crippen LogP contribution in [-0.2, 0) is 11.2 Å². The Labute approximate surface area is 184 Å². The van der Waals surface area contributed by atoms with Gasteiger partial charge in [-0.25, -0.2) is 0 Å². The van der Waals surface area contributed by atoms with Crippen molar-refractivity contribution >= 4 is 17.5 Å². The van der Waals surface area contributed by atoms with Gasteiger partial charge in [-0.05, 0) is 56.1 Å². The molecule has 1 N–H and O–H groups in total. The highest BCUT2D eigenvalue weighted by atomic mass is 35.5. The lowest BCUT2D eigenvalue weighted by molar-refractivity contribution is -0.233. The fourth-order valence-electron chi connectivity index (χ4n) is 5.39. The Morgan fingerprint density at radius 2 is 2.06 bits per heavy atom. The molecule has 1 aromatic rings. The number of hydrogen-bond acceptors (Lipinski definition) is 4. The first-order valence-corrected chi connectivity index (χ1v) is 10.8. The molecule has 2 aliphatic rings. The number of hydrogen-bond donors (Lipinski definition) is 1. The predicted octanol–water partition coefficient (Wildman–Crippen LogP) is 4.34. The van der Waals surface area contributed by atoms with Crippen LogP contribution in [0.5, 0.6) is 5.75 Å². The second-order valence-corrected chi connectivity index (χ2v) is 8.82. The van der Waals surface area contributed by atoms with E-state index in [9.17, 15) is 28.3 Å². The van der Waals surface area contributed by atoms with E-state index in [1.165, 1.54) is 7.11 Å². The fourth-order valence-corrected chi connectivity index (χ4v) is 5.62. The molecule has 0 radical (unpaired) electrons. The fraction of sp³-hybridized carbons (Fsp3) is 0.636. The number of methoxy groups -OCH3 is 1. The first kappa shape index (κ1) is 23.7. The van der Waals surface area contributed by atoms with E-state index in [0.717, 1.165) is 6.42 Å². The number of aliphatic hydroxyl groups is 1. The standard InChI is InChI=1S/C22H26ClF3N2O3/c1-12-13-4-3-5-15(21(30)22(24,25)26)14(13)8-9-28(12)20(29)10-16-17(11-27)19(31-2)7-6-18(16)23/h6-7,12-15,21,30H,3-5,8-10H2,1-2H3/t12-,13+,14+,15+,21?/m0/s1. The van der Waals surface area contributed by atoms with Crippen LogP contribution in [0.3, 0.4) is 0 Å². The number of alkyl halides is 3. The van der Waals surface area contributed by atoms with Crippen LogP contribution in [0.4, 0.5) is 13.2 Å². The topological polar surface area (TPSA) is 73.6 Å². The number of likely N-dealkylation sites (tertiary alicyclic amines) is 1. The number of piperidine rings is 1. The average molecular weight is 459 g/mol. The third-order valence-corrected chi connectivity index (χ3v) is 7.28. The van der Waals surface area contributed by atoms with E-state index in [2.05, 4.69) is 0 Å². The zero-order valence-corrected chi connectivity index (χ0v) is 18.2. The van der Waals surface area contributed by atoms with Crippen molar-refractivity contribution in [2.75, 3.05) is 13.7 Å². The summed E-state index contributed by atoms with van der Waals surface area (Å²) in [6, 6.07) is 4.92. The van der Waals surface area contributed by atoms with E-state index < -0.39 is 18.2 Å². The smallest absolute Gasteiger partial charge is 0.414 e. The summed E-state index contributed by atoms with van der Waals surface area (Å²) in [6.07, 6.45) is -4.99. The Kier molecular flexibility index (Phi) is 7.07. The van der Waals surface area contributed by atoms with Gasteiger partial charge in [0, 0.05) is 23.2 Å². The number of aliphatic hydroxyl groups excluding tert-OH is 1. The molecule has 1 saturated heterocycles. The summed E-state index contributed by atoms with van der Waals surface area (Å²) in [5.74, 6) is -1.12. The molecule has 1 saturated carbocycles. The third kappa shape index (κ3) is 4.63. The average Bonchev–Trinajstić information content (AvgIpc) is 2.73. The molecule has 1 heterocycles. The number of nitriles is 1. The SMILES string of the molecule is COc1ccc(Cl)c(CC(=O)N2CC[C@@H]3[C@H](CCC[C@H]3C(O)C(F)(F)F)[C@@H]2C)c1C#N. The maximum absolute atomic E-state index is 13.1. The number of nitrogens with zero attached hydrogens (tertiary/aromatic N) is 2. The highest BCUT2D eigenvalue weighted by molar-refractivity contribution is 6.31. The number of fused-ring (bicyclic) bond motifs is 1. The summed E-state index contributed by atoms with van der Waals surface area (Å²) in [5.41, 5.74) is 0.591. The number of rotatable bonds is 4. The number of halogens is 4. The minimum atomic E-state index is -4.64. The van der Waals surface area contributed by atoms with E-state index >= 15 is 0 Å². The number of benzene rings is 1. The highest BCUT2D eigenvalue weighted by Gasteiger charge is 2.51. The summed E-state index contributed by atoms with van der Waals surface area (Å²) >= 11 is 6.25. The van der Waals surface area contributed by atoms with E-state index in [-0.39, 0.29) is 35.8 Å². The molecule has 1 aliphatic carbocycles. The maximum Gasteiger partial charge on any atom is 0.414 e. The molecule has 9 heteroatoms. The van der Waals surface area contributed by atoms with Crippen molar-refractivity contribution in [3.05, 3.63) is 28.3 Å². The molecular formula is C22H26ClF3N2O3. The molecule has 3 rings (SSSR count). The molecule has 170 valence electrons. The molecule has 1 amide bonds. The lowest BCUT2D eigenvalue weighted by Crippen LogP contribution is -2.55. The number of carbonyl (C=O) groups excluding carboxylic acids is 1. The van der Waals surface area contributed by atoms with Crippen LogP contribution in [0, 0.1) is 29.1 Å². The van der Waals surface area contributed by atoms with Gasteiger partial charge < -0.3 is 14.7 Å². The molecule has 1 unspecified atom stereocenters. The summed E-state index contributed by atoms with van der Waals surface area (Å²) in [4.78, 5) is 14.8. The van der Waals surface area contributed by atoms with E-state index in [0.29, 0.717) is 42.1 Å². The van der Waals surface area contributed by atoms with Crippen LogP contribution in [0.15, 0.2) is 12.1 Å². The van der Waals surface area contributed by atoms with Gasteiger partial charge in [0.1, 0.15) is 11.8 Å². The number of carbonyl (C=O) groups is 1. The molecule has 0 aromatic heterocycles. The van der Waals surface area contributed by atoms with Gasteiger partial charge in [0.25, 0.3) is 0 Å². The Balaban J connectivity index is 1.78. The molecule has 5 atom stereocenters. The third-order valence-electron chi connectivity index (χ3n) is 6.93. The van der Waals surface area contributed by atoms with Crippen molar-refractivity contribution < 1.29 is 27.8 Å². The molecule has 5 nitrogen and oxygen atoms in total. The minimum Gasteiger partial charge on any atom is -0.495 e. The van der Waals surface area contributed by atoms with Crippen LogP contribution in [0.25, 0.3) is 0 Å². The van der Waals surface area contributed by atoms with Crippen molar-refractivity contribution in [2.45, 2.75) is 57.3 Å². The number of ether oxygens (including phenoxy) is 1. The largest absolute Gasteiger partial charge is 0.495 e. The van der Waals surface area contributed by atoms with Gasteiger partial charge in [0.15, 0.2) is 6.10 Å². The van der Waals surface area contributed by atoms with Crippen LogP contribution in [0.2, 0.25) is 5.02 Å². The minimum absolute atomic E-state index is 0.0880. The first-order chi connectivity index (χ1) is 14.6. The predicted molar refractivity (Wildman–Crippen MR) is 109 cm³/mol. The van der Waals surface area contributed by atoms with Crippen molar-refractivity contribution in [2.24, 2.45) is 17.8 Å². The Morgan fingerprint density at radius 3 is 2.68 bits per heavy atom. The molecule has 0 spiro atoms. The summed E-state index contributed by atoms with van der Waals surface area (Å²) in [5, 5.41) is 19.7. The van der Waals surface area contributed by atoms with Gasteiger partial charge in [-0.1, -0.05) is 18.0 Å². The molecule has 2 fully saturated rings. The van der Waals surface area contributed by atoms with Gasteiger partial charge in [-0.2, -0.15) is 18.4 Å². The van der Waals surface area contributed by atoms with E-state index in [4.69, 9.17) is 16.3 Å². The van der Waals surface area contributed by atoms with Gasteiger partial charge in [0.05, 0.1) is 19.1 Å².